The van der Waals surface area contributed by atoms with E-state index in [4.69, 9.17) is 16.3 Å². The third-order valence-corrected chi connectivity index (χ3v) is 6.56. The molecule has 0 heterocycles. The number of carbonyl (C=O) groups is 1. The number of halogens is 1. The van der Waals surface area contributed by atoms with Gasteiger partial charge in [0.25, 0.3) is 0 Å². The Bertz CT molecular complexity index is 1020. The lowest BCUT2D eigenvalue weighted by molar-refractivity contribution is 0.0600. The van der Waals surface area contributed by atoms with Crippen LogP contribution in [0.3, 0.4) is 0 Å². The molecule has 0 unspecified atom stereocenters. The summed E-state index contributed by atoms with van der Waals surface area (Å²) < 4.78 is 38.6. The van der Waals surface area contributed by atoms with Gasteiger partial charge in [0, 0.05) is 6.04 Å². The Morgan fingerprint density at radius 1 is 1.07 bits per heavy atom. The number of sulfonamides is 1. The highest BCUT2D eigenvalue weighted by molar-refractivity contribution is 7.89. The summed E-state index contributed by atoms with van der Waals surface area (Å²) in [4.78, 5) is 11.8. The average Bonchev–Trinajstić information content (AvgIpc) is 2.66. The smallest absolute Gasteiger partial charge is 0.339 e. The monoisotopic (exact) mass is 439 g/mol. The van der Waals surface area contributed by atoms with Crippen LogP contribution in [0, 0.1) is 6.92 Å². The first-order chi connectivity index (χ1) is 13.5. The van der Waals surface area contributed by atoms with Crippen LogP contribution >= 0.6 is 11.6 Å². The summed E-state index contributed by atoms with van der Waals surface area (Å²) in [6, 6.07) is 7.30. The number of methoxy groups -OCH3 is 2. The maximum Gasteiger partial charge on any atom is 0.339 e. The van der Waals surface area contributed by atoms with E-state index in [1.807, 2.05) is 32.9 Å². The van der Waals surface area contributed by atoms with Crippen LogP contribution in [0.1, 0.15) is 59.8 Å². The highest BCUT2D eigenvalue weighted by Crippen LogP contribution is 2.32. The summed E-state index contributed by atoms with van der Waals surface area (Å²) in [6.07, 6.45) is 0. The predicted octanol–water partition coefficient (Wildman–Crippen LogP) is 4.61. The molecule has 6 nitrogen and oxygen atoms in total. The molecule has 8 heteroatoms. The molecular formula is C21H26ClNO5S. The minimum atomic E-state index is -3.90. The van der Waals surface area contributed by atoms with Gasteiger partial charge in [0.2, 0.25) is 10.0 Å². The zero-order chi connectivity index (χ0) is 21.9. The van der Waals surface area contributed by atoms with Gasteiger partial charge in [-0.2, -0.15) is 0 Å². The molecule has 29 heavy (non-hydrogen) atoms. The second kappa shape index (κ2) is 9.15. The summed E-state index contributed by atoms with van der Waals surface area (Å²) in [5.74, 6) is 0.288. The van der Waals surface area contributed by atoms with Crippen LogP contribution in [0.25, 0.3) is 0 Å². The maximum atomic E-state index is 12.9. The highest BCUT2D eigenvalue weighted by atomic mass is 35.5. The third kappa shape index (κ3) is 5.10. The molecule has 0 aliphatic heterocycles. The molecule has 0 saturated carbocycles. The molecule has 1 N–H and O–H groups in total. The lowest BCUT2D eigenvalue weighted by Crippen LogP contribution is -2.27. The predicted molar refractivity (Wildman–Crippen MR) is 113 cm³/mol. The van der Waals surface area contributed by atoms with E-state index in [-0.39, 0.29) is 21.4 Å². The number of hydrogen-bond acceptors (Lipinski definition) is 5. The van der Waals surface area contributed by atoms with Gasteiger partial charge in [0.05, 0.1) is 29.7 Å². The molecule has 0 bridgehead atoms. The molecule has 2 aromatic rings. The number of benzene rings is 2. The number of carbonyl (C=O) groups excluding carboxylic acids is 1. The van der Waals surface area contributed by atoms with Gasteiger partial charge in [-0.25, -0.2) is 17.9 Å². The Kier molecular flexibility index (Phi) is 7.32. The molecule has 2 aromatic carbocycles. The van der Waals surface area contributed by atoms with Gasteiger partial charge in [-0.05, 0) is 66.8 Å². The van der Waals surface area contributed by atoms with E-state index in [9.17, 15) is 13.2 Å². The molecule has 0 amide bonds. The van der Waals surface area contributed by atoms with E-state index >= 15 is 0 Å². The van der Waals surface area contributed by atoms with E-state index in [0.29, 0.717) is 0 Å². The fourth-order valence-electron chi connectivity index (χ4n) is 3.11. The van der Waals surface area contributed by atoms with Crippen molar-refractivity contribution in [2.45, 2.75) is 44.6 Å². The van der Waals surface area contributed by atoms with Crippen LogP contribution < -0.4 is 9.46 Å². The Labute approximate surface area is 177 Å². The standard InChI is InChI=1S/C21H26ClNO5S/c1-12(2)16-11-17(13(3)9-20(16)27-5)14(4)23-29(25,26)15-7-8-19(22)18(10-15)21(24)28-6/h7-12,14,23H,1-6H3/t14-/m1/s1. The zero-order valence-electron chi connectivity index (χ0n) is 17.4. The van der Waals surface area contributed by atoms with E-state index < -0.39 is 22.0 Å². The van der Waals surface area contributed by atoms with Crippen molar-refractivity contribution < 1.29 is 22.7 Å². The van der Waals surface area contributed by atoms with Crippen molar-refractivity contribution in [2.24, 2.45) is 0 Å². The summed E-state index contributed by atoms with van der Waals surface area (Å²) >= 11 is 5.99. The lowest BCUT2D eigenvalue weighted by Gasteiger charge is -2.21. The van der Waals surface area contributed by atoms with Gasteiger partial charge < -0.3 is 9.47 Å². The molecule has 0 radical (unpaired) electrons. The molecule has 0 aliphatic carbocycles. The summed E-state index contributed by atoms with van der Waals surface area (Å²) in [5.41, 5.74) is 2.75. The lowest BCUT2D eigenvalue weighted by atomic mass is 9.94. The highest BCUT2D eigenvalue weighted by Gasteiger charge is 2.23. The Morgan fingerprint density at radius 3 is 2.28 bits per heavy atom. The number of nitrogens with one attached hydrogen (secondary N) is 1. The fraction of sp³-hybridized carbons (Fsp3) is 0.381. The molecule has 1 atom stereocenters. The van der Waals surface area contributed by atoms with Crippen LogP contribution in [-0.2, 0) is 14.8 Å². The quantitative estimate of drug-likeness (QED) is 0.637. The van der Waals surface area contributed by atoms with E-state index in [1.54, 1.807) is 14.0 Å². The first-order valence-corrected chi connectivity index (χ1v) is 11.0. The van der Waals surface area contributed by atoms with Gasteiger partial charge >= 0.3 is 5.97 Å². The molecule has 0 aromatic heterocycles. The van der Waals surface area contributed by atoms with Crippen molar-refractivity contribution >= 4 is 27.6 Å². The summed E-state index contributed by atoms with van der Waals surface area (Å²) in [5, 5.41) is 0.122. The van der Waals surface area contributed by atoms with E-state index in [1.165, 1.54) is 25.3 Å². The number of rotatable bonds is 7. The Balaban J connectivity index is 2.41. The SMILES string of the molecule is COC(=O)c1cc(S(=O)(=O)N[C@H](C)c2cc(C(C)C)c(OC)cc2C)ccc1Cl. The Morgan fingerprint density at radius 2 is 1.72 bits per heavy atom. The minimum Gasteiger partial charge on any atom is -0.496 e. The van der Waals surface area contributed by atoms with Crippen LogP contribution in [-0.4, -0.2) is 28.6 Å². The largest absolute Gasteiger partial charge is 0.496 e. The topological polar surface area (TPSA) is 81.7 Å². The first kappa shape index (κ1) is 23.2. The van der Waals surface area contributed by atoms with Crippen LogP contribution in [0.4, 0.5) is 0 Å². The molecule has 0 saturated heterocycles. The molecule has 0 spiro atoms. The van der Waals surface area contributed by atoms with Crippen molar-refractivity contribution in [2.75, 3.05) is 14.2 Å². The van der Waals surface area contributed by atoms with Gasteiger partial charge in [-0.1, -0.05) is 25.4 Å². The van der Waals surface area contributed by atoms with Gasteiger partial charge in [0.15, 0.2) is 0 Å². The molecular weight excluding hydrogens is 414 g/mol. The van der Waals surface area contributed by atoms with Crippen molar-refractivity contribution in [3.63, 3.8) is 0 Å². The van der Waals surface area contributed by atoms with E-state index in [2.05, 4.69) is 9.46 Å². The number of hydrogen-bond donors (Lipinski definition) is 1. The van der Waals surface area contributed by atoms with Crippen molar-refractivity contribution in [1.29, 1.82) is 0 Å². The second-order valence-electron chi connectivity index (χ2n) is 7.08. The number of ether oxygens (including phenoxy) is 2. The summed E-state index contributed by atoms with van der Waals surface area (Å²) in [6.45, 7) is 7.78. The third-order valence-electron chi connectivity index (χ3n) is 4.69. The minimum absolute atomic E-state index is 0.00702. The van der Waals surface area contributed by atoms with E-state index in [0.717, 1.165) is 22.4 Å². The van der Waals surface area contributed by atoms with Crippen LogP contribution in [0.2, 0.25) is 5.02 Å². The zero-order valence-corrected chi connectivity index (χ0v) is 18.9. The summed E-state index contributed by atoms with van der Waals surface area (Å²) in [7, 11) is -1.08. The second-order valence-corrected chi connectivity index (χ2v) is 9.20. The van der Waals surface area contributed by atoms with Crippen molar-refractivity contribution in [1.82, 2.24) is 4.72 Å². The van der Waals surface area contributed by atoms with Crippen molar-refractivity contribution in [3.05, 3.63) is 57.6 Å². The maximum absolute atomic E-state index is 12.9. The van der Waals surface area contributed by atoms with Gasteiger partial charge in [0.1, 0.15) is 5.75 Å². The molecule has 0 aliphatic rings. The molecule has 0 fully saturated rings. The number of aryl methyl sites for hydroxylation is 1. The van der Waals surface area contributed by atoms with Crippen LogP contribution in [0.5, 0.6) is 5.75 Å². The Hall–Kier alpha value is -2.09. The van der Waals surface area contributed by atoms with Gasteiger partial charge in [-0.3, -0.25) is 0 Å². The normalized spacial score (nSPS) is 12.7. The van der Waals surface area contributed by atoms with Gasteiger partial charge in [-0.15, -0.1) is 0 Å². The van der Waals surface area contributed by atoms with Crippen LogP contribution in [0.15, 0.2) is 35.2 Å². The molecule has 2 rings (SSSR count). The molecule has 158 valence electrons. The average molecular weight is 440 g/mol. The fourth-order valence-corrected chi connectivity index (χ4v) is 4.56. The van der Waals surface area contributed by atoms with Crippen molar-refractivity contribution in [3.8, 4) is 5.75 Å². The number of esters is 1. The first-order valence-electron chi connectivity index (χ1n) is 9.10.